The Kier molecular flexibility index (Phi) is 6.98. The molecule has 0 aliphatic rings. The van der Waals surface area contributed by atoms with Crippen molar-refractivity contribution in [2.24, 2.45) is 5.10 Å². The lowest BCUT2D eigenvalue weighted by molar-refractivity contribution is 0.0728. The number of nitrogens with zero attached hydrogens (tertiary/aromatic N) is 1. The minimum atomic E-state index is -0.495. The van der Waals surface area contributed by atoms with Crippen molar-refractivity contribution in [1.82, 2.24) is 5.43 Å². The summed E-state index contributed by atoms with van der Waals surface area (Å²) in [6.07, 6.45) is 1.47. The molecule has 3 aromatic carbocycles. The number of rotatable bonds is 6. The molecule has 0 spiro atoms. The van der Waals surface area contributed by atoms with Crippen LogP contribution < -0.4 is 14.9 Å². The van der Waals surface area contributed by atoms with Gasteiger partial charge in [-0.15, -0.1) is 0 Å². The van der Waals surface area contributed by atoms with Gasteiger partial charge in [-0.2, -0.15) is 5.10 Å². The fourth-order valence-electron chi connectivity index (χ4n) is 2.57. The van der Waals surface area contributed by atoms with Gasteiger partial charge < -0.3 is 9.47 Å². The van der Waals surface area contributed by atoms with Crippen LogP contribution in [0.3, 0.4) is 0 Å². The molecule has 1 amide bonds. The van der Waals surface area contributed by atoms with Gasteiger partial charge in [-0.1, -0.05) is 35.9 Å². The van der Waals surface area contributed by atoms with E-state index in [2.05, 4.69) is 26.5 Å². The zero-order chi connectivity index (χ0) is 21.5. The molecule has 0 saturated carbocycles. The molecule has 30 heavy (non-hydrogen) atoms. The summed E-state index contributed by atoms with van der Waals surface area (Å²) in [5.41, 5.74) is 5.10. The first-order valence-corrected chi connectivity index (χ1v) is 9.82. The normalized spacial score (nSPS) is 10.6. The van der Waals surface area contributed by atoms with E-state index >= 15 is 0 Å². The monoisotopic (exact) mass is 466 g/mol. The fourth-order valence-corrected chi connectivity index (χ4v) is 3.11. The highest BCUT2D eigenvalue weighted by Crippen LogP contribution is 2.36. The number of halogens is 1. The molecule has 0 saturated heterocycles. The fraction of sp³-hybridized carbons (Fsp3) is 0.0870. The number of esters is 1. The van der Waals surface area contributed by atoms with Gasteiger partial charge in [0.25, 0.3) is 5.91 Å². The van der Waals surface area contributed by atoms with E-state index in [0.717, 1.165) is 5.56 Å². The summed E-state index contributed by atoms with van der Waals surface area (Å²) in [6.45, 7) is 1.94. The van der Waals surface area contributed by atoms with E-state index in [9.17, 15) is 9.59 Å². The summed E-state index contributed by atoms with van der Waals surface area (Å²) in [4.78, 5) is 24.5. The standard InChI is InChI=1S/C23H19BrN2O4/c1-15-8-10-18(11-9-15)23(28)30-21-19(24)12-16(13-20(21)29-2)14-25-26-22(27)17-6-4-3-5-7-17/h3-14H,1-2H3,(H,26,27). The number of benzene rings is 3. The Hall–Kier alpha value is -3.45. The molecule has 0 fully saturated rings. The minimum Gasteiger partial charge on any atom is -0.493 e. The van der Waals surface area contributed by atoms with Crippen molar-refractivity contribution in [3.8, 4) is 11.5 Å². The smallest absolute Gasteiger partial charge is 0.343 e. The zero-order valence-corrected chi connectivity index (χ0v) is 18.0. The molecule has 6 nitrogen and oxygen atoms in total. The van der Waals surface area contributed by atoms with Gasteiger partial charge in [0.2, 0.25) is 0 Å². The lowest BCUT2D eigenvalue weighted by Crippen LogP contribution is -2.17. The summed E-state index contributed by atoms with van der Waals surface area (Å²) < 4.78 is 11.4. The Morgan fingerprint density at radius 1 is 1.00 bits per heavy atom. The molecule has 7 heteroatoms. The number of ether oxygens (including phenoxy) is 2. The molecule has 152 valence electrons. The second-order valence-electron chi connectivity index (χ2n) is 6.35. The van der Waals surface area contributed by atoms with E-state index in [4.69, 9.17) is 9.47 Å². The highest BCUT2D eigenvalue weighted by molar-refractivity contribution is 9.10. The van der Waals surface area contributed by atoms with Gasteiger partial charge in [-0.3, -0.25) is 4.79 Å². The van der Waals surface area contributed by atoms with Crippen molar-refractivity contribution in [3.63, 3.8) is 0 Å². The highest BCUT2D eigenvalue weighted by Gasteiger charge is 2.16. The van der Waals surface area contributed by atoms with Crippen LogP contribution in [0, 0.1) is 6.92 Å². The molecule has 0 radical (unpaired) electrons. The van der Waals surface area contributed by atoms with Crippen LogP contribution in [0.25, 0.3) is 0 Å². The van der Waals surface area contributed by atoms with Crippen molar-refractivity contribution in [2.45, 2.75) is 6.92 Å². The summed E-state index contributed by atoms with van der Waals surface area (Å²) in [5.74, 6) is -0.207. The zero-order valence-electron chi connectivity index (χ0n) is 16.4. The molecule has 3 aromatic rings. The van der Waals surface area contributed by atoms with Gasteiger partial charge in [0.15, 0.2) is 11.5 Å². The van der Waals surface area contributed by atoms with Crippen LogP contribution in [0.15, 0.2) is 76.3 Å². The van der Waals surface area contributed by atoms with Crippen LogP contribution in [0.1, 0.15) is 31.8 Å². The Labute approximate surface area is 182 Å². The maximum atomic E-state index is 12.4. The maximum absolute atomic E-state index is 12.4. The Morgan fingerprint density at radius 3 is 2.37 bits per heavy atom. The van der Waals surface area contributed by atoms with Gasteiger partial charge in [-0.25, -0.2) is 10.2 Å². The average Bonchev–Trinajstić information content (AvgIpc) is 2.76. The molecule has 0 aliphatic heterocycles. The van der Waals surface area contributed by atoms with Crippen LogP contribution in [0.5, 0.6) is 11.5 Å². The number of hydrazone groups is 1. The van der Waals surface area contributed by atoms with Crippen molar-refractivity contribution < 1.29 is 19.1 Å². The van der Waals surface area contributed by atoms with Crippen molar-refractivity contribution in [2.75, 3.05) is 7.11 Å². The molecule has 0 atom stereocenters. The number of carbonyl (C=O) groups is 2. The topological polar surface area (TPSA) is 77.0 Å². The lowest BCUT2D eigenvalue weighted by atomic mass is 10.1. The van der Waals surface area contributed by atoms with Crippen molar-refractivity contribution >= 4 is 34.0 Å². The lowest BCUT2D eigenvalue weighted by Gasteiger charge is -2.12. The van der Waals surface area contributed by atoms with Crippen LogP contribution in [-0.2, 0) is 0 Å². The third kappa shape index (κ3) is 5.33. The van der Waals surface area contributed by atoms with E-state index in [1.807, 2.05) is 25.1 Å². The average molecular weight is 467 g/mol. The molecule has 3 rings (SSSR count). The Bertz CT molecular complexity index is 1080. The Morgan fingerprint density at radius 2 is 1.70 bits per heavy atom. The Balaban J connectivity index is 1.74. The molecule has 1 N–H and O–H groups in total. The second-order valence-corrected chi connectivity index (χ2v) is 7.21. The molecule has 0 bridgehead atoms. The first-order valence-electron chi connectivity index (χ1n) is 9.03. The van der Waals surface area contributed by atoms with E-state index in [1.165, 1.54) is 13.3 Å². The van der Waals surface area contributed by atoms with Gasteiger partial charge >= 0.3 is 5.97 Å². The number of methoxy groups -OCH3 is 1. The third-order valence-corrected chi connectivity index (χ3v) is 4.74. The molecule has 0 aliphatic carbocycles. The quantitative estimate of drug-likeness (QED) is 0.246. The molecular weight excluding hydrogens is 448 g/mol. The van der Waals surface area contributed by atoms with E-state index in [0.29, 0.717) is 26.9 Å². The van der Waals surface area contributed by atoms with Crippen LogP contribution in [0.2, 0.25) is 0 Å². The number of nitrogens with one attached hydrogen (secondary N) is 1. The van der Waals surface area contributed by atoms with Gasteiger partial charge in [-0.05, 0) is 64.8 Å². The summed E-state index contributed by atoms with van der Waals surface area (Å²) >= 11 is 3.40. The predicted octanol–water partition coefficient (Wildman–Crippen LogP) is 4.75. The minimum absolute atomic E-state index is 0.258. The van der Waals surface area contributed by atoms with Crippen LogP contribution >= 0.6 is 15.9 Å². The molecular formula is C23H19BrN2O4. The van der Waals surface area contributed by atoms with E-state index in [-0.39, 0.29) is 11.7 Å². The largest absolute Gasteiger partial charge is 0.493 e. The van der Waals surface area contributed by atoms with Crippen molar-refractivity contribution in [1.29, 1.82) is 0 Å². The summed E-state index contributed by atoms with van der Waals surface area (Å²) in [7, 11) is 1.48. The highest BCUT2D eigenvalue weighted by atomic mass is 79.9. The number of aryl methyl sites for hydroxylation is 1. The van der Waals surface area contributed by atoms with E-state index < -0.39 is 5.97 Å². The number of hydrogen-bond donors (Lipinski definition) is 1. The molecule has 0 aromatic heterocycles. The van der Waals surface area contributed by atoms with Gasteiger partial charge in [0, 0.05) is 5.56 Å². The first-order chi connectivity index (χ1) is 14.5. The van der Waals surface area contributed by atoms with E-state index in [1.54, 1.807) is 48.5 Å². The number of hydrogen-bond acceptors (Lipinski definition) is 5. The first kappa shape index (κ1) is 21.3. The van der Waals surface area contributed by atoms with Crippen molar-refractivity contribution in [3.05, 3.63) is 93.5 Å². The number of carbonyl (C=O) groups excluding carboxylic acids is 2. The van der Waals surface area contributed by atoms with Gasteiger partial charge in [0.1, 0.15) is 0 Å². The van der Waals surface area contributed by atoms with Crippen LogP contribution in [-0.4, -0.2) is 25.2 Å². The SMILES string of the molecule is COc1cc(C=NNC(=O)c2ccccc2)cc(Br)c1OC(=O)c1ccc(C)cc1. The maximum Gasteiger partial charge on any atom is 0.343 e. The summed E-state index contributed by atoms with van der Waals surface area (Å²) in [6, 6.07) is 19.2. The molecule has 0 unspecified atom stereocenters. The molecule has 0 heterocycles. The summed E-state index contributed by atoms with van der Waals surface area (Å²) in [5, 5.41) is 3.97. The second kappa shape index (κ2) is 9.84. The van der Waals surface area contributed by atoms with Crippen LogP contribution in [0.4, 0.5) is 0 Å². The van der Waals surface area contributed by atoms with Gasteiger partial charge in [0.05, 0.1) is 23.4 Å². The predicted molar refractivity (Wildman–Crippen MR) is 118 cm³/mol. The third-order valence-electron chi connectivity index (χ3n) is 4.15. The number of amides is 1.